The van der Waals surface area contributed by atoms with Crippen molar-refractivity contribution in [3.63, 3.8) is 0 Å². The van der Waals surface area contributed by atoms with Gasteiger partial charge in [0.2, 0.25) is 0 Å². The van der Waals surface area contributed by atoms with Crippen LogP contribution >= 0.6 is 0 Å². The number of likely N-dealkylation sites (N-methyl/N-ethyl adjacent to an activating group) is 1. The van der Waals surface area contributed by atoms with Crippen LogP contribution in [0.25, 0.3) is 10.8 Å². The number of hydrogen-bond acceptors (Lipinski definition) is 4. The number of rotatable bonds is 5. The molecule has 0 atom stereocenters. The largest absolute Gasteiger partial charge is 0.479 e. The van der Waals surface area contributed by atoms with Crippen molar-refractivity contribution in [3.05, 3.63) is 40.3 Å². The highest BCUT2D eigenvalue weighted by atomic mass is 16.4. The van der Waals surface area contributed by atoms with E-state index in [1.807, 2.05) is 13.8 Å². The Morgan fingerprint density at radius 3 is 2.36 bits per heavy atom. The van der Waals surface area contributed by atoms with Crippen molar-refractivity contribution in [3.8, 4) is 0 Å². The van der Waals surface area contributed by atoms with Gasteiger partial charge in [0.15, 0.2) is 5.69 Å². The predicted octanol–water partition coefficient (Wildman–Crippen LogP) is 2.91. The molecule has 0 aliphatic heterocycles. The summed E-state index contributed by atoms with van der Waals surface area (Å²) in [6, 6.07) is 6.88. The molecule has 1 aromatic carbocycles. The number of amides is 1. The van der Waals surface area contributed by atoms with Crippen molar-refractivity contribution in [2.75, 3.05) is 7.05 Å². The lowest BCUT2D eigenvalue weighted by atomic mass is 9.80. The molecule has 0 bridgehead atoms. The third kappa shape index (κ3) is 3.41. The van der Waals surface area contributed by atoms with E-state index in [1.165, 1.54) is 16.6 Å². The average Bonchev–Trinajstić information content (AvgIpc) is 2.69. The number of carbonyl (C=O) groups is 2. The fraction of sp³-hybridized carbons (Fsp3) is 0.524. The van der Waals surface area contributed by atoms with Gasteiger partial charge in [-0.3, -0.25) is 9.59 Å². The summed E-state index contributed by atoms with van der Waals surface area (Å²) in [6.07, 6.45) is 3.36. The molecule has 1 aliphatic carbocycles. The molecule has 28 heavy (non-hydrogen) atoms. The number of carbonyl (C=O) groups excluding carboxylic acids is 1. The fourth-order valence-electron chi connectivity index (χ4n) is 4.05. The van der Waals surface area contributed by atoms with Crippen LogP contribution in [0.1, 0.15) is 56.4 Å². The van der Waals surface area contributed by atoms with Crippen molar-refractivity contribution in [1.82, 2.24) is 14.7 Å². The minimum Gasteiger partial charge on any atom is -0.479 e. The van der Waals surface area contributed by atoms with Crippen molar-refractivity contribution >= 4 is 22.6 Å². The first-order valence-electron chi connectivity index (χ1n) is 9.79. The van der Waals surface area contributed by atoms with Gasteiger partial charge in [-0.25, -0.2) is 9.48 Å². The standard InChI is InChI=1S/C21H27N3O4/c1-14(2)13-24-18(25)16-10-6-5-9-15(16)17(22-24)19(26)23(3)21(20(27)28)11-7-4-8-12-21/h5-6,9-10,14H,4,7-8,11-13H2,1-3H3,(H,27,28). The molecule has 1 aromatic heterocycles. The van der Waals surface area contributed by atoms with E-state index in [1.54, 1.807) is 24.3 Å². The Balaban J connectivity index is 2.14. The zero-order chi connectivity index (χ0) is 20.5. The lowest BCUT2D eigenvalue weighted by molar-refractivity contribution is -0.151. The van der Waals surface area contributed by atoms with Gasteiger partial charge in [0.25, 0.3) is 11.5 Å². The Morgan fingerprint density at radius 1 is 1.18 bits per heavy atom. The van der Waals surface area contributed by atoms with Crippen LogP contribution in [0.3, 0.4) is 0 Å². The Bertz CT molecular complexity index is 958. The summed E-state index contributed by atoms with van der Waals surface area (Å²) in [7, 11) is 1.54. The van der Waals surface area contributed by atoms with E-state index in [2.05, 4.69) is 5.10 Å². The van der Waals surface area contributed by atoms with Crippen molar-refractivity contribution < 1.29 is 14.7 Å². The van der Waals surface area contributed by atoms with E-state index in [0.717, 1.165) is 19.3 Å². The Morgan fingerprint density at radius 2 is 1.79 bits per heavy atom. The summed E-state index contributed by atoms with van der Waals surface area (Å²) in [5, 5.41) is 15.2. The Hall–Kier alpha value is -2.70. The van der Waals surface area contributed by atoms with Gasteiger partial charge in [0, 0.05) is 19.0 Å². The maximum Gasteiger partial charge on any atom is 0.329 e. The number of benzene rings is 1. The van der Waals surface area contributed by atoms with Crippen LogP contribution in [0.15, 0.2) is 29.1 Å². The Labute approximate surface area is 164 Å². The van der Waals surface area contributed by atoms with Crippen LogP contribution in [-0.4, -0.2) is 44.3 Å². The molecule has 1 aliphatic rings. The van der Waals surface area contributed by atoms with Gasteiger partial charge >= 0.3 is 5.97 Å². The van der Waals surface area contributed by atoms with Crippen LogP contribution < -0.4 is 5.56 Å². The fourth-order valence-corrected chi connectivity index (χ4v) is 4.05. The summed E-state index contributed by atoms with van der Waals surface area (Å²) < 4.78 is 1.32. The van der Waals surface area contributed by atoms with E-state index in [9.17, 15) is 19.5 Å². The molecule has 0 radical (unpaired) electrons. The van der Waals surface area contributed by atoms with Crippen LogP contribution in [-0.2, 0) is 11.3 Å². The smallest absolute Gasteiger partial charge is 0.329 e. The molecule has 0 unspecified atom stereocenters. The van der Waals surface area contributed by atoms with Crippen molar-refractivity contribution in [2.45, 2.75) is 58.0 Å². The van der Waals surface area contributed by atoms with E-state index >= 15 is 0 Å². The molecule has 7 nitrogen and oxygen atoms in total. The van der Waals surface area contributed by atoms with Crippen molar-refractivity contribution in [1.29, 1.82) is 0 Å². The Kier molecular flexibility index (Phi) is 5.54. The highest BCUT2D eigenvalue weighted by molar-refractivity contribution is 6.06. The van der Waals surface area contributed by atoms with E-state index in [0.29, 0.717) is 30.2 Å². The van der Waals surface area contributed by atoms with Crippen molar-refractivity contribution in [2.24, 2.45) is 5.92 Å². The zero-order valence-corrected chi connectivity index (χ0v) is 16.6. The molecule has 1 heterocycles. The zero-order valence-electron chi connectivity index (χ0n) is 16.6. The maximum absolute atomic E-state index is 13.4. The molecule has 1 fully saturated rings. The summed E-state index contributed by atoms with van der Waals surface area (Å²) in [5.74, 6) is -1.27. The average molecular weight is 385 g/mol. The van der Waals surface area contributed by atoms with Crippen LogP contribution in [0.2, 0.25) is 0 Å². The molecular weight excluding hydrogens is 358 g/mol. The summed E-state index contributed by atoms with van der Waals surface area (Å²) in [4.78, 5) is 39.6. The number of fused-ring (bicyclic) bond motifs is 1. The van der Waals surface area contributed by atoms with Crippen LogP contribution in [0, 0.1) is 5.92 Å². The normalized spacial score (nSPS) is 16.3. The van der Waals surface area contributed by atoms with Gasteiger partial charge in [-0.1, -0.05) is 51.3 Å². The first-order chi connectivity index (χ1) is 13.3. The molecule has 7 heteroatoms. The third-order valence-corrected chi connectivity index (χ3v) is 5.63. The van der Waals surface area contributed by atoms with Gasteiger partial charge in [0.05, 0.1) is 5.39 Å². The number of hydrogen-bond donors (Lipinski definition) is 1. The van der Waals surface area contributed by atoms with Gasteiger partial charge in [-0.2, -0.15) is 5.10 Å². The van der Waals surface area contributed by atoms with Crippen LogP contribution in [0.4, 0.5) is 0 Å². The SMILES string of the molecule is CC(C)Cn1nc(C(=O)N(C)C2(C(=O)O)CCCCC2)c2ccccc2c1=O. The quantitative estimate of drug-likeness (QED) is 0.854. The van der Waals surface area contributed by atoms with Gasteiger partial charge in [-0.05, 0) is 24.8 Å². The molecular formula is C21H27N3O4. The molecule has 1 N–H and O–H groups in total. The lowest BCUT2D eigenvalue weighted by Gasteiger charge is -2.40. The predicted molar refractivity (Wildman–Crippen MR) is 106 cm³/mol. The molecule has 150 valence electrons. The van der Waals surface area contributed by atoms with E-state index < -0.39 is 17.4 Å². The third-order valence-electron chi connectivity index (χ3n) is 5.63. The molecule has 3 rings (SSSR count). The second kappa shape index (κ2) is 7.73. The molecule has 2 aromatic rings. The molecule has 1 saturated carbocycles. The molecule has 0 spiro atoms. The molecule has 0 saturated heterocycles. The summed E-state index contributed by atoms with van der Waals surface area (Å²) in [6.45, 7) is 4.33. The first kappa shape index (κ1) is 20.0. The summed E-state index contributed by atoms with van der Waals surface area (Å²) in [5.41, 5.74) is -1.34. The van der Waals surface area contributed by atoms with Gasteiger partial charge in [-0.15, -0.1) is 0 Å². The monoisotopic (exact) mass is 385 g/mol. The molecule has 1 amide bonds. The second-order valence-corrected chi connectivity index (χ2v) is 8.04. The minimum atomic E-state index is -1.23. The lowest BCUT2D eigenvalue weighted by Crippen LogP contribution is -2.56. The maximum atomic E-state index is 13.4. The second-order valence-electron chi connectivity index (χ2n) is 8.04. The minimum absolute atomic E-state index is 0.129. The number of aromatic nitrogens is 2. The van der Waals surface area contributed by atoms with Crippen LogP contribution in [0.5, 0.6) is 0 Å². The number of aliphatic carboxylic acids is 1. The van der Waals surface area contributed by atoms with Gasteiger partial charge in [0.1, 0.15) is 5.54 Å². The first-order valence-corrected chi connectivity index (χ1v) is 9.79. The van der Waals surface area contributed by atoms with E-state index in [4.69, 9.17) is 0 Å². The highest BCUT2D eigenvalue weighted by Crippen LogP contribution is 2.34. The van der Waals surface area contributed by atoms with Gasteiger partial charge < -0.3 is 10.0 Å². The highest BCUT2D eigenvalue weighted by Gasteiger charge is 2.46. The number of carboxylic acid groups (broad SMARTS) is 1. The topological polar surface area (TPSA) is 92.5 Å². The number of carboxylic acids is 1. The summed E-state index contributed by atoms with van der Waals surface area (Å²) >= 11 is 0. The van der Waals surface area contributed by atoms with E-state index in [-0.39, 0.29) is 17.2 Å². The number of nitrogens with zero attached hydrogens (tertiary/aromatic N) is 3.